The maximum atomic E-state index is 3.53. The minimum absolute atomic E-state index is 1.09. The Bertz CT molecular complexity index is 303. The fraction of sp³-hybridized carbons (Fsp3) is 0.647. The van der Waals surface area contributed by atoms with Crippen molar-refractivity contribution in [1.29, 1.82) is 0 Å². The van der Waals surface area contributed by atoms with Crippen LogP contribution in [0.15, 0.2) is 30.3 Å². The lowest BCUT2D eigenvalue weighted by atomic mass is 10.1. The smallest absolute Gasteiger partial charge is 0.101 e. The molecular weight excluding hydrogens is 260 g/mol. The van der Waals surface area contributed by atoms with E-state index in [1.54, 1.807) is 0 Å². The number of nitrogens with one attached hydrogen (secondary N) is 1. The lowest BCUT2D eigenvalue weighted by Crippen LogP contribution is -2.84. The van der Waals surface area contributed by atoms with Crippen molar-refractivity contribution in [2.45, 2.75) is 51.1 Å². The Labute approximate surface area is 128 Å². The van der Waals surface area contributed by atoms with Gasteiger partial charge in [0.1, 0.15) is 6.54 Å². The second-order valence-electron chi connectivity index (χ2n) is 5.39. The summed E-state index contributed by atoms with van der Waals surface area (Å²) in [6.45, 7) is 4.56. The summed E-state index contributed by atoms with van der Waals surface area (Å²) >= 11 is 0. The topological polar surface area (TPSA) is 28.6 Å². The van der Waals surface area contributed by atoms with Crippen LogP contribution in [0.4, 0.5) is 0 Å². The van der Waals surface area contributed by atoms with Crippen LogP contribution < -0.4 is 10.6 Å². The Morgan fingerprint density at radius 1 is 0.850 bits per heavy atom. The van der Waals surface area contributed by atoms with Crippen LogP contribution in [-0.4, -0.2) is 29.9 Å². The van der Waals surface area contributed by atoms with Crippen molar-refractivity contribution in [2.75, 3.05) is 19.6 Å². The molecule has 20 heavy (non-hydrogen) atoms. The second-order valence-corrected chi connectivity index (χ2v) is 5.89. The van der Waals surface area contributed by atoms with Gasteiger partial charge in [-0.05, 0) is 13.0 Å². The van der Waals surface area contributed by atoms with Gasteiger partial charge < -0.3 is 10.6 Å². The predicted octanol–water partition coefficient (Wildman–Crippen LogP) is 2.27. The lowest BCUT2D eigenvalue weighted by molar-refractivity contribution is -0.668. The molecule has 0 fully saturated rings. The highest BCUT2D eigenvalue weighted by molar-refractivity contribution is 6.08. The third-order valence-corrected chi connectivity index (χ3v) is 3.88. The van der Waals surface area contributed by atoms with Crippen LogP contribution in [0.2, 0.25) is 6.04 Å². The van der Waals surface area contributed by atoms with E-state index in [4.69, 9.17) is 0 Å². The molecule has 0 unspecified atom stereocenters. The first-order chi connectivity index (χ1) is 9.93. The van der Waals surface area contributed by atoms with E-state index in [1.807, 2.05) is 0 Å². The third kappa shape index (κ3) is 10.2. The van der Waals surface area contributed by atoms with Crippen molar-refractivity contribution >= 4 is 10.2 Å². The van der Waals surface area contributed by atoms with Gasteiger partial charge in [0.25, 0.3) is 0 Å². The van der Waals surface area contributed by atoms with Gasteiger partial charge in [-0.1, -0.05) is 68.5 Å². The first-order valence-corrected chi connectivity index (χ1v) is 8.85. The summed E-state index contributed by atoms with van der Waals surface area (Å²) < 4.78 is 0. The van der Waals surface area contributed by atoms with E-state index in [9.17, 15) is 0 Å². The van der Waals surface area contributed by atoms with E-state index in [2.05, 4.69) is 51.2 Å². The van der Waals surface area contributed by atoms with Crippen LogP contribution in [0.5, 0.6) is 0 Å². The zero-order valence-corrected chi connectivity index (χ0v) is 13.7. The molecule has 0 aliphatic rings. The fourth-order valence-corrected chi connectivity index (χ4v) is 2.54. The molecule has 1 aromatic rings. The molecule has 2 nitrogen and oxygen atoms in total. The van der Waals surface area contributed by atoms with Gasteiger partial charge >= 0.3 is 0 Å². The SMILES string of the molecule is [Si]CCCCCCCCNCC[NH2+]Cc1ccccc1. The molecule has 0 aromatic heterocycles. The Hall–Kier alpha value is -0.643. The molecule has 0 saturated heterocycles. The van der Waals surface area contributed by atoms with E-state index in [0.717, 1.165) is 19.1 Å². The molecule has 3 heteroatoms. The molecule has 0 bridgehead atoms. The van der Waals surface area contributed by atoms with Crippen LogP contribution in [0, 0.1) is 0 Å². The van der Waals surface area contributed by atoms with Crippen molar-refractivity contribution in [2.24, 2.45) is 0 Å². The molecule has 0 atom stereocenters. The van der Waals surface area contributed by atoms with E-state index < -0.39 is 0 Å². The number of hydrogen-bond acceptors (Lipinski definition) is 1. The van der Waals surface area contributed by atoms with Gasteiger partial charge in [-0.15, -0.1) is 0 Å². The zero-order valence-electron chi connectivity index (χ0n) is 12.7. The van der Waals surface area contributed by atoms with Crippen LogP contribution >= 0.6 is 0 Å². The summed E-state index contributed by atoms with van der Waals surface area (Å²) in [6, 6.07) is 11.8. The maximum Gasteiger partial charge on any atom is 0.101 e. The van der Waals surface area contributed by atoms with Crippen LogP contribution in [-0.2, 0) is 6.54 Å². The number of unbranched alkanes of at least 4 members (excludes halogenated alkanes) is 5. The average molecular weight is 291 g/mol. The average Bonchev–Trinajstić information content (AvgIpc) is 2.49. The molecule has 0 aliphatic heterocycles. The standard InChI is InChI=1S/C17H29N2Si/c20-15-9-4-2-1-3-8-12-18-13-14-19-16-17-10-6-5-7-11-17/h5-7,10-11,18-19H,1-4,8-9,12-16H2/p+1. The number of hydrogen-bond donors (Lipinski definition) is 2. The summed E-state index contributed by atoms with van der Waals surface area (Å²) in [4.78, 5) is 0. The van der Waals surface area contributed by atoms with Crippen molar-refractivity contribution in [3.05, 3.63) is 35.9 Å². The lowest BCUT2D eigenvalue weighted by Gasteiger charge is -2.05. The summed E-state index contributed by atoms with van der Waals surface area (Å²) in [5.41, 5.74) is 1.41. The van der Waals surface area contributed by atoms with Crippen molar-refractivity contribution < 1.29 is 5.32 Å². The minimum Gasteiger partial charge on any atom is -0.341 e. The van der Waals surface area contributed by atoms with Crippen molar-refractivity contribution in [1.82, 2.24) is 5.32 Å². The summed E-state index contributed by atoms with van der Waals surface area (Å²) in [7, 11) is 3.52. The number of benzene rings is 1. The van der Waals surface area contributed by atoms with Gasteiger partial charge in [-0.3, -0.25) is 0 Å². The van der Waals surface area contributed by atoms with Crippen molar-refractivity contribution in [3.63, 3.8) is 0 Å². The molecule has 1 rings (SSSR count). The third-order valence-electron chi connectivity index (χ3n) is 3.53. The maximum absolute atomic E-state index is 3.53. The number of rotatable bonds is 13. The fourth-order valence-electron chi connectivity index (χ4n) is 2.29. The normalized spacial score (nSPS) is 10.8. The molecule has 0 aliphatic carbocycles. The first-order valence-electron chi connectivity index (χ1n) is 8.14. The molecule has 0 spiro atoms. The Balaban J connectivity index is 1.77. The van der Waals surface area contributed by atoms with Gasteiger partial charge in [0.15, 0.2) is 0 Å². The quantitative estimate of drug-likeness (QED) is 0.423. The Morgan fingerprint density at radius 2 is 1.55 bits per heavy atom. The monoisotopic (exact) mass is 290 g/mol. The Kier molecular flexibility index (Phi) is 11.6. The molecule has 111 valence electrons. The molecule has 0 amide bonds. The molecular formula is C17H30N2Si+. The minimum atomic E-state index is 1.09. The van der Waals surface area contributed by atoms with Crippen molar-refractivity contribution in [3.8, 4) is 0 Å². The summed E-state index contributed by atoms with van der Waals surface area (Å²) in [5, 5.41) is 5.91. The highest BCUT2D eigenvalue weighted by atomic mass is 28.1. The van der Waals surface area contributed by atoms with E-state index >= 15 is 0 Å². The van der Waals surface area contributed by atoms with E-state index in [1.165, 1.54) is 57.2 Å². The summed E-state index contributed by atoms with van der Waals surface area (Å²) in [5.74, 6) is 0. The summed E-state index contributed by atoms with van der Waals surface area (Å²) in [6.07, 6.45) is 8.20. The number of quaternary nitrogens is 1. The Morgan fingerprint density at radius 3 is 2.30 bits per heavy atom. The zero-order chi connectivity index (χ0) is 14.3. The number of nitrogens with two attached hydrogens (primary N) is 1. The van der Waals surface area contributed by atoms with Crippen LogP contribution in [0.3, 0.4) is 0 Å². The second kappa shape index (κ2) is 13.3. The van der Waals surface area contributed by atoms with Gasteiger partial charge in [-0.2, -0.15) is 0 Å². The molecule has 1 aromatic carbocycles. The molecule has 0 heterocycles. The largest absolute Gasteiger partial charge is 0.341 e. The van der Waals surface area contributed by atoms with Crippen LogP contribution in [0.1, 0.15) is 44.1 Å². The molecule has 0 saturated carbocycles. The van der Waals surface area contributed by atoms with Gasteiger partial charge in [0, 0.05) is 22.4 Å². The van der Waals surface area contributed by atoms with Gasteiger partial charge in [0.05, 0.1) is 6.54 Å². The molecule has 3 radical (unpaired) electrons. The highest BCUT2D eigenvalue weighted by Gasteiger charge is 1.94. The van der Waals surface area contributed by atoms with Gasteiger partial charge in [-0.25, -0.2) is 0 Å². The first kappa shape index (κ1) is 17.4. The van der Waals surface area contributed by atoms with E-state index in [-0.39, 0.29) is 0 Å². The predicted molar refractivity (Wildman–Crippen MR) is 88.1 cm³/mol. The van der Waals surface area contributed by atoms with Crippen LogP contribution in [0.25, 0.3) is 0 Å². The van der Waals surface area contributed by atoms with Gasteiger partial charge in [0.2, 0.25) is 0 Å². The highest BCUT2D eigenvalue weighted by Crippen LogP contribution is 2.05. The van der Waals surface area contributed by atoms with E-state index in [0.29, 0.717) is 0 Å². The molecule has 3 N–H and O–H groups in total.